The minimum atomic E-state index is 0.408. The fourth-order valence-electron chi connectivity index (χ4n) is 2.86. The van der Waals surface area contributed by atoms with E-state index in [1.54, 1.807) is 7.11 Å². The molecule has 0 heterocycles. The van der Waals surface area contributed by atoms with Crippen LogP contribution in [0.5, 0.6) is 5.75 Å². The second-order valence-electron chi connectivity index (χ2n) is 5.11. The Labute approximate surface area is 122 Å². The molecule has 1 aliphatic carbocycles. The molecule has 0 aromatic heterocycles. The maximum absolute atomic E-state index is 5.21. The summed E-state index contributed by atoms with van der Waals surface area (Å²) >= 11 is 3.88. The van der Waals surface area contributed by atoms with Crippen molar-refractivity contribution in [2.45, 2.75) is 17.7 Å². The summed E-state index contributed by atoms with van der Waals surface area (Å²) in [5.41, 5.74) is 4.34. The third kappa shape index (κ3) is 2.55. The molecule has 1 aliphatic rings. The summed E-state index contributed by atoms with van der Waals surface area (Å²) in [6.07, 6.45) is 2.33. The third-order valence-electron chi connectivity index (χ3n) is 3.93. The molecular formula is C17H17BrO. The fourth-order valence-corrected chi connectivity index (χ4v) is 3.54. The minimum Gasteiger partial charge on any atom is -0.497 e. The van der Waals surface area contributed by atoms with Crippen LogP contribution in [0.25, 0.3) is 0 Å². The van der Waals surface area contributed by atoms with Gasteiger partial charge in [0.1, 0.15) is 5.75 Å². The second kappa shape index (κ2) is 5.38. The van der Waals surface area contributed by atoms with Crippen molar-refractivity contribution in [1.82, 2.24) is 0 Å². The molecule has 0 spiro atoms. The number of fused-ring (bicyclic) bond motifs is 1. The average Bonchev–Trinajstić information content (AvgIpc) is 2.90. The summed E-state index contributed by atoms with van der Waals surface area (Å²) in [6.45, 7) is 0. The molecule has 0 fully saturated rings. The van der Waals surface area contributed by atoms with Crippen LogP contribution in [-0.2, 0) is 12.8 Å². The van der Waals surface area contributed by atoms with Crippen LogP contribution in [0.15, 0.2) is 48.5 Å². The molecule has 0 saturated carbocycles. The van der Waals surface area contributed by atoms with Crippen molar-refractivity contribution in [3.05, 3.63) is 65.2 Å². The van der Waals surface area contributed by atoms with Gasteiger partial charge in [-0.3, -0.25) is 0 Å². The second-order valence-corrected chi connectivity index (χ2v) is 6.10. The van der Waals surface area contributed by atoms with Crippen molar-refractivity contribution in [2.75, 3.05) is 7.11 Å². The zero-order valence-electron chi connectivity index (χ0n) is 11.0. The van der Waals surface area contributed by atoms with Gasteiger partial charge in [-0.2, -0.15) is 0 Å². The predicted octanol–water partition coefficient (Wildman–Crippen LogP) is 4.55. The lowest BCUT2D eigenvalue weighted by atomic mass is 9.96. The van der Waals surface area contributed by atoms with Gasteiger partial charge in [-0.15, -0.1) is 0 Å². The van der Waals surface area contributed by atoms with Crippen molar-refractivity contribution >= 4 is 15.9 Å². The highest BCUT2D eigenvalue weighted by Crippen LogP contribution is 2.40. The monoisotopic (exact) mass is 316 g/mol. The fraction of sp³-hybridized carbons (Fsp3) is 0.294. The smallest absolute Gasteiger partial charge is 0.118 e. The average molecular weight is 317 g/mol. The Morgan fingerprint density at radius 2 is 1.58 bits per heavy atom. The van der Waals surface area contributed by atoms with Crippen LogP contribution in [0.3, 0.4) is 0 Å². The Morgan fingerprint density at radius 3 is 2.11 bits per heavy atom. The Morgan fingerprint density at radius 1 is 1.00 bits per heavy atom. The van der Waals surface area contributed by atoms with Gasteiger partial charge in [0.05, 0.1) is 7.11 Å². The van der Waals surface area contributed by atoms with Crippen LogP contribution < -0.4 is 4.74 Å². The van der Waals surface area contributed by atoms with Gasteiger partial charge in [0.15, 0.2) is 0 Å². The van der Waals surface area contributed by atoms with Gasteiger partial charge in [-0.25, -0.2) is 0 Å². The predicted molar refractivity (Wildman–Crippen MR) is 82.0 cm³/mol. The molecular weight excluding hydrogens is 300 g/mol. The Bertz CT molecular complexity index is 537. The molecule has 0 saturated heterocycles. The Kier molecular flexibility index (Phi) is 3.61. The molecule has 98 valence electrons. The first-order chi connectivity index (χ1) is 9.28. The van der Waals surface area contributed by atoms with Crippen molar-refractivity contribution < 1.29 is 4.74 Å². The minimum absolute atomic E-state index is 0.408. The molecule has 0 N–H and O–H groups in total. The number of alkyl halides is 1. The number of methoxy groups -OCH3 is 1. The lowest BCUT2D eigenvalue weighted by Crippen LogP contribution is -2.07. The molecule has 1 nitrogen and oxygen atoms in total. The van der Waals surface area contributed by atoms with E-state index in [9.17, 15) is 0 Å². The van der Waals surface area contributed by atoms with E-state index >= 15 is 0 Å². The van der Waals surface area contributed by atoms with Gasteiger partial charge in [0.25, 0.3) is 0 Å². The van der Waals surface area contributed by atoms with E-state index in [-0.39, 0.29) is 0 Å². The standard InChI is InChI=1S/C17H17BrO/c1-19-16-8-6-12(7-9-16)17(18)15-10-13-4-2-3-5-14(13)11-15/h2-9,15,17H,10-11H2,1H3. The van der Waals surface area contributed by atoms with Crippen LogP contribution >= 0.6 is 15.9 Å². The Balaban J connectivity index is 1.77. The van der Waals surface area contributed by atoms with Crippen LogP contribution in [-0.4, -0.2) is 7.11 Å². The van der Waals surface area contributed by atoms with Crippen LogP contribution in [0, 0.1) is 5.92 Å². The maximum Gasteiger partial charge on any atom is 0.118 e. The van der Waals surface area contributed by atoms with E-state index in [1.807, 2.05) is 12.1 Å². The lowest BCUT2D eigenvalue weighted by Gasteiger charge is -2.17. The number of halogens is 1. The molecule has 2 aromatic carbocycles. The quantitative estimate of drug-likeness (QED) is 0.755. The summed E-state index contributed by atoms with van der Waals surface area (Å²) in [5.74, 6) is 1.56. The summed E-state index contributed by atoms with van der Waals surface area (Å²) in [7, 11) is 1.70. The first kappa shape index (κ1) is 12.7. The highest BCUT2D eigenvalue weighted by molar-refractivity contribution is 9.09. The molecule has 2 heteroatoms. The Hall–Kier alpha value is -1.28. The highest BCUT2D eigenvalue weighted by atomic mass is 79.9. The van der Waals surface area contributed by atoms with Crippen molar-refractivity contribution in [2.24, 2.45) is 5.92 Å². The van der Waals surface area contributed by atoms with Crippen molar-refractivity contribution in [1.29, 1.82) is 0 Å². The zero-order valence-corrected chi connectivity index (χ0v) is 12.6. The van der Waals surface area contributed by atoms with Crippen LogP contribution in [0.2, 0.25) is 0 Å². The molecule has 1 unspecified atom stereocenters. The summed E-state index contributed by atoms with van der Waals surface area (Å²) < 4.78 is 5.21. The van der Waals surface area contributed by atoms with Crippen molar-refractivity contribution in [3.63, 3.8) is 0 Å². The largest absolute Gasteiger partial charge is 0.497 e. The molecule has 2 aromatic rings. The van der Waals surface area contributed by atoms with Crippen LogP contribution in [0.1, 0.15) is 21.5 Å². The molecule has 0 bridgehead atoms. The molecule has 1 atom stereocenters. The van der Waals surface area contributed by atoms with E-state index in [0.29, 0.717) is 10.7 Å². The third-order valence-corrected chi connectivity index (χ3v) is 5.21. The van der Waals surface area contributed by atoms with E-state index in [1.165, 1.54) is 16.7 Å². The van der Waals surface area contributed by atoms with E-state index in [0.717, 1.165) is 18.6 Å². The maximum atomic E-state index is 5.21. The first-order valence-electron chi connectivity index (χ1n) is 6.62. The number of benzene rings is 2. The summed E-state index contributed by atoms with van der Waals surface area (Å²) in [5, 5.41) is 0. The molecule has 0 amide bonds. The van der Waals surface area contributed by atoms with E-state index < -0.39 is 0 Å². The first-order valence-corrected chi connectivity index (χ1v) is 7.54. The molecule has 3 rings (SSSR count). The van der Waals surface area contributed by atoms with Crippen LogP contribution in [0.4, 0.5) is 0 Å². The number of hydrogen-bond acceptors (Lipinski definition) is 1. The topological polar surface area (TPSA) is 9.23 Å². The number of rotatable bonds is 3. The van der Waals surface area contributed by atoms with Crippen molar-refractivity contribution in [3.8, 4) is 5.75 Å². The molecule has 0 aliphatic heterocycles. The zero-order chi connectivity index (χ0) is 13.2. The summed E-state index contributed by atoms with van der Waals surface area (Å²) in [6, 6.07) is 17.2. The molecule has 19 heavy (non-hydrogen) atoms. The van der Waals surface area contributed by atoms with Gasteiger partial charge >= 0.3 is 0 Å². The number of hydrogen-bond donors (Lipinski definition) is 0. The van der Waals surface area contributed by atoms with Gasteiger partial charge in [0, 0.05) is 4.83 Å². The van der Waals surface area contributed by atoms with Gasteiger partial charge < -0.3 is 4.74 Å². The highest BCUT2D eigenvalue weighted by Gasteiger charge is 2.27. The molecule has 0 radical (unpaired) electrons. The van der Waals surface area contributed by atoms with Gasteiger partial charge in [-0.1, -0.05) is 52.3 Å². The van der Waals surface area contributed by atoms with Gasteiger partial charge in [-0.05, 0) is 47.6 Å². The van der Waals surface area contributed by atoms with E-state index in [4.69, 9.17) is 4.74 Å². The normalized spacial score (nSPS) is 16.1. The SMILES string of the molecule is COc1ccc(C(Br)C2Cc3ccccc3C2)cc1. The summed E-state index contributed by atoms with van der Waals surface area (Å²) in [4.78, 5) is 0.408. The van der Waals surface area contributed by atoms with Gasteiger partial charge in [0.2, 0.25) is 0 Å². The number of ether oxygens (including phenoxy) is 1. The van der Waals surface area contributed by atoms with E-state index in [2.05, 4.69) is 52.3 Å². The lowest BCUT2D eigenvalue weighted by molar-refractivity contribution is 0.414.